The van der Waals surface area contributed by atoms with Crippen LogP contribution in [0.5, 0.6) is 0 Å². The number of hydrogen-bond donors (Lipinski definition) is 1. The van der Waals surface area contributed by atoms with Gasteiger partial charge in [-0.25, -0.2) is 4.72 Å². The first-order chi connectivity index (χ1) is 10.3. The average Bonchev–Trinajstić information content (AvgIpc) is 2.48. The molecule has 0 atom stereocenters. The maximum Gasteiger partial charge on any atom is 0.279 e. The van der Waals surface area contributed by atoms with Crippen LogP contribution in [0.2, 0.25) is 0 Å². The molecule has 0 spiro atoms. The van der Waals surface area contributed by atoms with Gasteiger partial charge in [0.1, 0.15) is 0 Å². The molecular weight excluding hydrogens is 298 g/mol. The molecule has 2 rings (SSSR count). The molecule has 1 N–H and O–H groups in total. The van der Waals surface area contributed by atoms with Gasteiger partial charge in [-0.15, -0.1) is 0 Å². The van der Waals surface area contributed by atoms with Gasteiger partial charge in [0.2, 0.25) is 0 Å². The molecule has 1 aliphatic rings. The second-order valence-corrected chi connectivity index (χ2v) is 8.21. The fourth-order valence-corrected chi connectivity index (χ4v) is 4.22. The highest BCUT2D eigenvalue weighted by Gasteiger charge is 2.38. The van der Waals surface area contributed by atoms with E-state index in [1.807, 2.05) is 25.1 Å². The maximum atomic E-state index is 12.3. The molecule has 1 saturated heterocycles. The van der Waals surface area contributed by atoms with Gasteiger partial charge in [-0.1, -0.05) is 37.3 Å². The Labute approximate surface area is 134 Å². The van der Waals surface area contributed by atoms with Crippen LogP contribution in [-0.2, 0) is 16.8 Å². The van der Waals surface area contributed by atoms with Crippen LogP contribution in [0.1, 0.15) is 32.8 Å². The van der Waals surface area contributed by atoms with Gasteiger partial charge in [-0.3, -0.25) is 4.90 Å². The monoisotopic (exact) mass is 325 g/mol. The molecule has 0 bridgehead atoms. The molecule has 1 fully saturated rings. The highest BCUT2D eigenvalue weighted by atomic mass is 32.2. The van der Waals surface area contributed by atoms with Crippen LogP contribution in [0.4, 0.5) is 0 Å². The third-order valence-electron chi connectivity index (χ3n) is 4.13. The molecule has 1 aromatic rings. The summed E-state index contributed by atoms with van der Waals surface area (Å²) >= 11 is 0. The Morgan fingerprint density at radius 1 is 1.18 bits per heavy atom. The minimum absolute atomic E-state index is 0.185. The van der Waals surface area contributed by atoms with Crippen LogP contribution >= 0.6 is 0 Å². The Morgan fingerprint density at radius 3 is 2.45 bits per heavy atom. The van der Waals surface area contributed by atoms with E-state index < -0.39 is 10.2 Å². The number of hydrogen-bond acceptors (Lipinski definition) is 3. The molecule has 0 aromatic heterocycles. The summed E-state index contributed by atoms with van der Waals surface area (Å²) in [6.07, 6.45) is 0.802. The highest BCUT2D eigenvalue weighted by Crippen LogP contribution is 2.24. The van der Waals surface area contributed by atoms with Crippen molar-refractivity contribution in [2.45, 2.75) is 39.3 Å². The van der Waals surface area contributed by atoms with Crippen molar-refractivity contribution in [3.63, 3.8) is 0 Å². The van der Waals surface area contributed by atoms with Crippen molar-refractivity contribution in [3.05, 3.63) is 35.9 Å². The minimum Gasteiger partial charge on any atom is -0.291 e. The van der Waals surface area contributed by atoms with Gasteiger partial charge >= 0.3 is 0 Å². The van der Waals surface area contributed by atoms with Crippen molar-refractivity contribution in [2.24, 2.45) is 0 Å². The van der Waals surface area contributed by atoms with Crippen LogP contribution in [0.15, 0.2) is 30.3 Å². The highest BCUT2D eigenvalue weighted by molar-refractivity contribution is 7.87. The summed E-state index contributed by atoms with van der Waals surface area (Å²) in [4.78, 5) is 2.36. The van der Waals surface area contributed by atoms with E-state index in [4.69, 9.17) is 0 Å². The first kappa shape index (κ1) is 17.4. The van der Waals surface area contributed by atoms with Crippen molar-refractivity contribution < 1.29 is 8.42 Å². The van der Waals surface area contributed by atoms with Gasteiger partial charge in [-0.05, 0) is 25.8 Å². The summed E-state index contributed by atoms with van der Waals surface area (Å²) in [5.74, 6) is 0. The van der Waals surface area contributed by atoms with Crippen molar-refractivity contribution in [3.8, 4) is 0 Å². The third kappa shape index (κ3) is 4.29. The van der Waals surface area contributed by atoms with Gasteiger partial charge in [0.05, 0.1) is 0 Å². The summed E-state index contributed by atoms with van der Waals surface area (Å²) < 4.78 is 28.8. The van der Waals surface area contributed by atoms with Crippen LogP contribution < -0.4 is 4.72 Å². The average molecular weight is 325 g/mol. The molecule has 5 nitrogen and oxygen atoms in total. The molecule has 1 heterocycles. The van der Waals surface area contributed by atoms with Gasteiger partial charge in [-0.2, -0.15) is 12.7 Å². The van der Waals surface area contributed by atoms with Crippen LogP contribution in [0.25, 0.3) is 0 Å². The number of benzene rings is 1. The molecule has 0 aliphatic carbocycles. The summed E-state index contributed by atoms with van der Waals surface area (Å²) in [5.41, 5.74) is 1.07. The van der Waals surface area contributed by atoms with Crippen molar-refractivity contribution in [1.82, 2.24) is 13.9 Å². The van der Waals surface area contributed by atoms with E-state index in [9.17, 15) is 8.42 Å². The standard InChI is InChI=1S/C16H27N3O2S/c1-4-10-17-22(20,21)19-12-11-18(16(2,3)14-19)13-15-8-6-5-7-9-15/h5-9,17H,4,10-14H2,1-3H3. The topological polar surface area (TPSA) is 52.7 Å². The molecule has 0 unspecified atom stereocenters. The first-order valence-electron chi connectivity index (χ1n) is 7.89. The Balaban J connectivity index is 2.03. The molecule has 6 heteroatoms. The number of rotatable bonds is 6. The normalized spacial score (nSPS) is 20.1. The van der Waals surface area contributed by atoms with E-state index in [0.29, 0.717) is 19.6 Å². The fraction of sp³-hybridized carbons (Fsp3) is 0.625. The first-order valence-corrected chi connectivity index (χ1v) is 9.33. The molecule has 0 saturated carbocycles. The van der Waals surface area contributed by atoms with E-state index >= 15 is 0 Å². The number of nitrogens with one attached hydrogen (secondary N) is 1. The Hall–Kier alpha value is -0.950. The molecule has 0 amide bonds. The second kappa shape index (κ2) is 7.08. The Morgan fingerprint density at radius 2 is 1.86 bits per heavy atom. The van der Waals surface area contributed by atoms with E-state index in [0.717, 1.165) is 19.5 Å². The van der Waals surface area contributed by atoms with E-state index in [2.05, 4.69) is 35.6 Å². The van der Waals surface area contributed by atoms with E-state index in [1.54, 1.807) is 4.31 Å². The molecule has 22 heavy (non-hydrogen) atoms. The van der Waals surface area contributed by atoms with E-state index in [1.165, 1.54) is 5.56 Å². The summed E-state index contributed by atoms with van der Waals surface area (Å²) in [6.45, 7) is 9.32. The minimum atomic E-state index is -3.36. The zero-order chi connectivity index (χ0) is 16.2. The predicted octanol–water partition coefficient (Wildman–Crippen LogP) is 1.83. The van der Waals surface area contributed by atoms with Crippen LogP contribution in [0.3, 0.4) is 0 Å². The van der Waals surface area contributed by atoms with E-state index in [-0.39, 0.29) is 5.54 Å². The number of nitrogens with zero attached hydrogens (tertiary/aromatic N) is 2. The lowest BCUT2D eigenvalue weighted by Crippen LogP contribution is -2.61. The molecule has 1 aromatic carbocycles. The number of piperazine rings is 1. The molecular formula is C16H27N3O2S. The van der Waals surface area contributed by atoms with Gasteiger partial charge in [0.25, 0.3) is 10.2 Å². The van der Waals surface area contributed by atoms with Crippen molar-refractivity contribution in [2.75, 3.05) is 26.2 Å². The van der Waals surface area contributed by atoms with Crippen LogP contribution in [0, 0.1) is 0 Å². The molecule has 1 aliphatic heterocycles. The van der Waals surface area contributed by atoms with Crippen LogP contribution in [-0.4, -0.2) is 49.3 Å². The molecule has 0 radical (unpaired) electrons. The zero-order valence-corrected chi connectivity index (χ0v) is 14.6. The largest absolute Gasteiger partial charge is 0.291 e. The van der Waals surface area contributed by atoms with Gasteiger partial charge in [0, 0.05) is 38.3 Å². The summed E-state index contributed by atoms with van der Waals surface area (Å²) in [5, 5.41) is 0. The smallest absolute Gasteiger partial charge is 0.279 e. The zero-order valence-electron chi connectivity index (χ0n) is 13.7. The maximum absolute atomic E-state index is 12.3. The summed E-state index contributed by atoms with van der Waals surface area (Å²) in [7, 11) is -3.36. The second-order valence-electron chi connectivity index (χ2n) is 6.45. The van der Waals surface area contributed by atoms with Crippen molar-refractivity contribution >= 4 is 10.2 Å². The Bertz CT molecular complexity index is 572. The lowest BCUT2D eigenvalue weighted by atomic mass is 9.99. The lowest BCUT2D eigenvalue weighted by Gasteiger charge is -2.46. The SMILES string of the molecule is CCCNS(=O)(=O)N1CCN(Cc2ccccc2)C(C)(C)C1. The molecule has 124 valence electrons. The lowest BCUT2D eigenvalue weighted by molar-refractivity contribution is 0.0468. The fourth-order valence-electron chi connectivity index (χ4n) is 2.77. The third-order valence-corrected chi connectivity index (χ3v) is 5.69. The Kier molecular flexibility index (Phi) is 5.60. The predicted molar refractivity (Wildman–Crippen MR) is 89.7 cm³/mol. The quantitative estimate of drug-likeness (QED) is 0.868. The van der Waals surface area contributed by atoms with Crippen molar-refractivity contribution in [1.29, 1.82) is 0 Å². The van der Waals surface area contributed by atoms with Gasteiger partial charge in [0.15, 0.2) is 0 Å². The summed E-state index contributed by atoms with van der Waals surface area (Å²) in [6, 6.07) is 10.3. The van der Waals surface area contributed by atoms with Gasteiger partial charge < -0.3 is 0 Å².